The van der Waals surface area contributed by atoms with Gasteiger partial charge < -0.3 is 0 Å². The van der Waals surface area contributed by atoms with E-state index in [1.807, 2.05) is 49.1 Å². The van der Waals surface area contributed by atoms with Crippen molar-refractivity contribution in [1.29, 1.82) is 0 Å². The summed E-state index contributed by atoms with van der Waals surface area (Å²) < 4.78 is 0. The number of rotatable bonds is 8. The summed E-state index contributed by atoms with van der Waals surface area (Å²) in [5.41, 5.74) is 17.0. The molecule has 4 heterocycles. The van der Waals surface area contributed by atoms with Gasteiger partial charge in [0.25, 0.3) is 0 Å². The van der Waals surface area contributed by atoms with Crippen LogP contribution in [0.5, 0.6) is 0 Å². The van der Waals surface area contributed by atoms with Crippen molar-refractivity contribution in [3.63, 3.8) is 0 Å². The third-order valence-corrected chi connectivity index (χ3v) is 9.83. The highest BCUT2D eigenvalue weighted by Gasteiger charge is 2.18. The summed E-state index contributed by atoms with van der Waals surface area (Å²) >= 11 is 0. The lowest BCUT2D eigenvalue weighted by molar-refractivity contribution is 1.31. The fraction of sp³-hybridized carbons (Fsp3) is 0. The summed E-state index contributed by atoms with van der Waals surface area (Å²) in [6.45, 7) is 0. The molecule has 0 aliphatic rings. The van der Waals surface area contributed by atoms with Gasteiger partial charge in [0.15, 0.2) is 0 Å². The minimum absolute atomic E-state index is 0.890. The van der Waals surface area contributed by atoms with Gasteiger partial charge in [0.2, 0.25) is 0 Å². The van der Waals surface area contributed by atoms with Gasteiger partial charge in [-0.1, -0.05) is 133 Å². The summed E-state index contributed by atoms with van der Waals surface area (Å²) in [5.74, 6) is 0. The van der Waals surface area contributed by atoms with Crippen molar-refractivity contribution in [1.82, 2.24) is 19.9 Å². The average molecular weight is 691 g/mol. The lowest BCUT2D eigenvalue weighted by atomic mass is 9.87. The van der Waals surface area contributed by atoms with Gasteiger partial charge in [-0.2, -0.15) is 0 Å². The van der Waals surface area contributed by atoms with E-state index in [0.717, 1.165) is 89.3 Å². The van der Waals surface area contributed by atoms with E-state index < -0.39 is 0 Å². The Hall–Kier alpha value is -7.30. The molecule has 4 heteroatoms. The van der Waals surface area contributed by atoms with E-state index in [1.54, 1.807) is 12.4 Å². The Morgan fingerprint density at radius 3 is 0.944 bits per heavy atom. The predicted molar refractivity (Wildman–Crippen MR) is 221 cm³/mol. The topological polar surface area (TPSA) is 51.6 Å². The molecule has 0 N–H and O–H groups in total. The highest BCUT2D eigenvalue weighted by molar-refractivity contribution is 5.94. The van der Waals surface area contributed by atoms with Crippen LogP contribution in [0.3, 0.4) is 0 Å². The van der Waals surface area contributed by atoms with Crippen molar-refractivity contribution in [2.45, 2.75) is 0 Å². The van der Waals surface area contributed by atoms with Gasteiger partial charge in [0.05, 0.1) is 11.4 Å². The highest BCUT2D eigenvalue weighted by atomic mass is 14.7. The molecular weight excluding hydrogens is 657 g/mol. The quantitative estimate of drug-likeness (QED) is 0.159. The minimum atomic E-state index is 0.890. The molecule has 0 aliphatic carbocycles. The maximum Gasteiger partial charge on any atom is 0.0708 e. The number of benzene rings is 5. The third kappa shape index (κ3) is 6.72. The Morgan fingerprint density at radius 2 is 0.574 bits per heavy atom. The minimum Gasteiger partial charge on any atom is -0.264 e. The van der Waals surface area contributed by atoms with Crippen LogP contribution in [0, 0.1) is 0 Å². The van der Waals surface area contributed by atoms with Gasteiger partial charge in [-0.3, -0.25) is 19.9 Å². The molecule has 0 spiro atoms. The predicted octanol–water partition coefficient (Wildman–Crippen LogP) is 12.6. The van der Waals surface area contributed by atoms with Crippen LogP contribution in [0.2, 0.25) is 0 Å². The van der Waals surface area contributed by atoms with E-state index in [4.69, 9.17) is 9.97 Å². The number of nitrogens with zero attached hydrogens (tertiary/aromatic N) is 4. The Bertz CT molecular complexity index is 2250. The smallest absolute Gasteiger partial charge is 0.0708 e. The summed E-state index contributed by atoms with van der Waals surface area (Å²) in [7, 11) is 0. The average Bonchev–Trinajstić information content (AvgIpc) is 3.27. The number of pyridine rings is 4. The van der Waals surface area contributed by atoms with Crippen molar-refractivity contribution >= 4 is 0 Å². The van der Waals surface area contributed by atoms with Crippen molar-refractivity contribution < 1.29 is 0 Å². The van der Waals surface area contributed by atoms with Gasteiger partial charge >= 0.3 is 0 Å². The molecule has 4 nitrogen and oxygen atoms in total. The molecule has 5 aromatic carbocycles. The van der Waals surface area contributed by atoms with Crippen LogP contribution in [-0.4, -0.2) is 19.9 Å². The first-order valence-electron chi connectivity index (χ1n) is 18.0. The normalized spacial score (nSPS) is 11.0. The first-order chi connectivity index (χ1) is 26.8. The maximum atomic E-state index is 5.08. The molecule has 0 radical (unpaired) electrons. The third-order valence-electron chi connectivity index (χ3n) is 9.83. The van der Waals surface area contributed by atoms with Crippen LogP contribution >= 0.6 is 0 Å². The van der Waals surface area contributed by atoms with Crippen LogP contribution in [0.4, 0.5) is 0 Å². The molecule has 0 bridgehead atoms. The van der Waals surface area contributed by atoms with Crippen molar-refractivity contribution in [3.8, 4) is 89.3 Å². The lowest BCUT2D eigenvalue weighted by Crippen LogP contribution is -1.95. The molecule has 9 aromatic rings. The number of hydrogen-bond acceptors (Lipinski definition) is 4. The molecule has 0 atom stereocenters. The molecule has 0 fully saturated rings. The molecular formula is C50H34N4. The standard InChI is InChI=1S/C50H34N4/c1-3-9-35(10-4-1)43-23-25-49(53-33-43)47-30-48(50-26-24-44(34-54-50)36-11-5-2-6-12-36)46(40-21-17-38(18-22-40)42-14-8-28-52-32-42)29-45(47)39-19-15-37(16-20-39)41-13-7-27-51-31-41/h1-34H. The number of hydrogen-bond donors (Lipinski definition) is 0. The number of aromatic nitrogens is 4. The van der Waals surface area contributed by atoms with Gasteiger partial charge in [0, 0.05) is 59.4 Å². The molecule has 54 heavy (non-hydrogen) atoms. The Kier molecular flexibility index (Phi) is 8.90. The molecule has 9 rings (SSSR count). The second-order valence-corrected chi connectivity index (χ2v) is 13.2. The van der Waals surface area contributed by atoms with E-state index in [-0.39, 0.29) is 0 Å². The van der Waals surface area contributed by atoms with Crippen molar-refractivity contribution in [2.75, 3.05) is 0 Å². The lowest BCUT2D eigenvalue weighted by Gasteiger charge is -2.18. The van der Waals surface area contributed by atoms with Crippen LogP contribution in [0.25, 0.3) is 89.3 Å². The zero-order valence-corrected chi connectivity index (χ0v) is 29.4. The molecule has 254 valence electrons. The van der Waals surface area contributed by atoms with E-state index in [1.165, 1.54) is 0 Å². The van der Waals surface area contributed by atoms with Crippen LogP contribution in [0.1, 0.15) is 0 Å². The van der Waals surface area contributed by atoms with E-state index >= 15 is 0 Å². The van der Waals surface area contributed by atoms with Crippen LogP contribution in [0.15, 0.2) is 207 Å². The second kappa shape index (κ2) is 14.7. The maximum absolute atomic E-state index is 5.08. The van der Waals surface area contributed by atoms with Crippen LogP contribution in [-0.2, 0) is 0 Å². The molecule has 0 saturated heterocycles. The van der Waals surface area contributed by atoms with Gasteiger partial charge in [-0.25, -0.2) is 0 Å². The van der Waals surface area contributed by atoms with Gasteiger partial charge in [-0.05, 0) is 92.0 Å². The highest BCUT2D eigenvalue weighted by Crippen LogP contribution is 2.42. The largest absolute Gasteiger partial charge is 0.264 e. The first kappa shape index (κ1) is 32.6. The summed E-state index contributed by atoms with van der Waals surface area (Å²) in [5, 5.41) is 0. The monoisotopic (exact) mass is 690 g/mol. The van der Waals surface area contributed by atoms with E-state index in [9.17, 15) is 0 Å². The summed E-state index contributed by atoms with van der Waals surface area (Å²) in [6, 6.07) is 59.5. The SMILES string of the molecule is c1ccc(-c2ccc(-c3cc(-c4ccc(-c5ccccc5)cn4)c(-c4ccc(-c5cccnc5)cc4)cc3-c3ccc(-c4cccnc4)cc3)nc2)cc1. The Labute approximate surface area is 315 Å². The van der Waals surface area contributed by atoms with Crippen molar-refractivity contribution in [3.05, 3.63) is 207 Å². The second-order valence-electron chi connectivity index (χ2n) is 13.2. The fourth-order valence-corrected chi connectivity index (χ4v) is 6.96. The Balaban J connectivity index is 1.23. The van der Waals surface area contributed by atoms with E-state index in [2.05, 4.69) is 156 Å². The Morgan fingerprint density at radius 1 is 0.241 bits per heavy atom. The van der Waals surface area contributed by atoms with Crippen LogP contribution < -0.4 is 0 Å². The van der Waals surface area contributed by atoms with Gasteiger partial charge in [-0.15, -0.1) is 0 Å². The summed E-state index contributed by atoms with van der Waals surface area (Å²) in [4.78, 5) is 18.8. The molecule has 0 unspecified atom stereocenters. The zero-order chi connectivity index (χ0) is 36.1. The molecule has 4 aromatic heterocycles. The zero-order valence-electron chi connectivity index (χ0n) is 29.4. The molecule has 0 amide bonds. The fourth-order valence-electron chi connectivity index (χ4n) is 6.96. The van der Waals surface area contributed by atoms with E-state index in [0.29, 0.717) is 0 Å². The molecule has 0 aliphatic heterocycles. The van der Waals surface area contributed by atoms with Gasteiger partial charge in [0.1, 0.15) is 0 Å². The summed E-state index contributed by atoms with van der Waals surface area (Å²) in [6.07, 6.45) is 11.3. The van der Waals surface area contributed by atoms with Crippen molar-refractivity contribution in [2.24, 2.45) is 0 Å². The molecule has 0 saturated carbocycles. The first-order valence-corrected chi connectivity index (χ1v) is 18.0.